The number of hydrogen-bond donors (Lipinski definition) is 1. The van der Waals surface area contributed by atoms with Gasteiger partial charge in [0.05, 0.1) is 18.5 Å². The molecule has 0 amide bonds. The van der Waals surface area contributed by atoms with Crippen molar-refractivity contribution in [2.75, 3.05) is 30.4 Å². The summed E-state index contributed by atoms with van der Waals surface area (Å²) in [6.07, 6.45) is 3.31. The van der Waals surface area contributed by atoms with E-state index in [-0.39, 0.29) is 0 Å². The van der Waals surface area contributed by atoms with E-state index < -0.39 is 0 Å². The Labute approximate surface area is 160 Å². The number of rotatable bonds is 2. The van der Waals surface area contributed by atoms with Crippen LogP contribution < -0.4 is 10.2 Å². The van der Waals surface area contributed by atoms with Crippen molar-refractivity contribution < 1.29 is 4.58 Å². The topological polar surface area (TPSA) is 31.2 Å². The number of nitrogens with one attached hydrogen (secondary N) is 1. The van der Waals surface area contributed by atoms with Gasteiger partial charge in [0.1, 0.15) is 17.2 Å². The predicted octanol–water partition coefficient (Wildman–Crippen LogP) is 4.48. The smallest absolute Gasteiger partial charge is 0.255 e. The molecule has 27 heavy (non-hydrogen) atoms. The van der Waals surface area contributed by atoms with E-state index in [1.165, 1.54) is 40.1 Å². The van der Waals surface area contributed by atoms with Gasteiger partial charge in [-0.3, -0.25) is 0 Å². The van der Waals surface area contributed by atoms with Crippen LogP contribution in [0.5, 0.6) is 0 Å². The van der Waals surface area contributed by atoms with Crippen molar-refractivity contribution in [1.82, 2.24) is 4.98 Å². The number of nitrogens with zero attached hydrogens (tertiary/aromatic N) is 3. The van der Waals surface area contributed by atoms with E-state index in [2.05, 4.69) is 77.3 Å². The molecule has 0 saturated heterocycles. The lowest BCUT2D eigenvalue weighted by Crippen LogP contribution is -2.20. The van der Waals surface area contributed by atoms with Crippen LogP contribution in [-0.2, 0) is 6.42 Å². The van der Waals surface area contributed by atoms with Crippen molar-refractivity contribution in [3.05, 3.63) is 59.7 Å². The third-order valence-electron chi connectivity index (χ3n) is 5.73. The Kier molecular flexibility index (Phi) is 3.85. The van der Waals surface area contributed by atoms with Gasteiger partial charge < -0.3 is 4.90 Å². The Morgan fingerprint density at radius 1 is 1.07 bits per heavy atom. The molecule has 2 aliphatic heterocycles. The van der Waals surface area contributed by atoms with Crippen molar-refractivity contribution >= 4 is 33.9 Å². The molecule has 0 spiro atoms. The van der Waals surface area contributed by atoms with Gasteiger partial charge in [0.25, 0.3) is 5.84 Å². The minimum Gasteiger partial charge on any atom is -0.359 e. The summed E-state index contributed by atoms with van der Waals surface area (Å²) >= 11 is 0. The molecule has 4 nitrogen and oxygen atoms in total. The van der Waals surface area contributed by atoms with E-state index in [4.69, 9.17) is 4.98 Å². The minimum absolute atomic E-state index is 1.03. The lowest BCUT2D eigenvalue weighted by Gasteiger charge is -2.14. The Hall–Kier alpha value is -2.88. The fraction of sp³-hybridized carbons (Fsp3) is 0.304. The van der Waals surface area contributed by atoms with Crippen LogP contribution in [0.2, 0.25) is 0 Å². The molecule has 136 valence electrons. The number of pyridine rings is 1. The molecule has 2 aliphatic rings. The monoisotopic (exact) mass is 357 g/mol. The highest BCUT2D eigenvalue weighted by Crippen LogP contribution is 2.37. The molecule has 0 unspecified atom stereocenters. The summed E-state index contributed by atoms with van der Waals surface area (Å²) in [5.41, 5.74) is 6.24. The Balaban J connectivity index is 1.65. The zero-order valence-corrected chi connectivity index (χ0v) is 16.0. The minimum atomic E-state index is 1.03. The normalized spacial score (nSPS) is 16.3. The highest BCUT2D eigenvalue weighted by molar-refractivity contribution is 6.05. The Morgan fingerprint density at radius 2 is 1.96 bits per heavy atom. The van der Waals surface area contributed by atoms with Crippen molar-refractivity contribution in [3.8, 4) is 0 Å². The van der Waals surface area contributed by atoms with E-state index >= 15 is 0 Å². The second kappa shape index (κ2) is 6.38. The van der Waals surface area contributed by atoms with Crippen molar-refractivity contribution in [3.63, 3.8) is 0 Å². The van der Waals surface area contributed by atoms with E-state index in [9.17, 15) is 0 Å². The molecule has 0 radical (unpaired) electrons. The average Bonchev–Trinajstić information content (AvgIpc) is 3.29. The van der Waals surface area contributed by atoms with Gasteiger partial charge in [-0.2, -0.15) is 0 Å². The summed E-state index contributed by atoms with van der Waals surface area (Å²) in [7, 11) is 2.14. The highest BCUT2D eigenvalue weighted by Gasteiger charge is 2.29. The first-order valence-electron chi connectivity index (χ1n) is 9.80. The lowest BCUT2D eigenvalue weighted by molar-refractivity contribution is -0.431. The molecule has 0 fully saturated rings. The average molecular weight is 357 g/mol. The molecular weight excluding hydrogens is 332 g/mol. The van der Waals surface area contributed by atoms with E-state index in [1.54, 1.807) is 0 Å². The summed E-state index contributed by atoms with van der Waals surface area (Å²) in [6.45, 7) is 4.26. The molecule has 1 aromatic heterocycles. The first-order valence-corrected chi connectivity index (χ1v) is 9.80. The predicted molar refractivity (Wildman–Crippen MR) is 113 cm³/mol. The number of anilines is 2. The number of likely N-dealkylation sites (N-methyl/N-ethyl adjacent to an activating group) is 1. The molecule has 0 saturated carbocycles. The summed E-state index contributed by atoms with van der Waals surface area (Å²) in [5, 5.41) is 5.07. The molecule has 0 atom stereocenters. The second-order valence-corrected chi connectivity index (χ2v) is 7.64. The number of amidine groups is 1. The van der Waals surface area contributed by atoms with Crippen LogP contribution in [0.4, 0.5) is 17.2 Å². The third kappa shape index (κ3) is 2.76. The zero-order chi connectivity index (χ0) is 18.4. The molecule has 0 bridgehead atoms. The third-order valence-corrected chi connectivity index (χ3v) is 5.73. The quantitative estimate of drug-likeness (QED) is 0.686. The van der Waals surface area contributed by atoms with Crippen LogP contribution in [0.25, 0.3) is 10.9 Å². The van der Waals surface area contributed by atoms with E-state index in [1.807, 2.05) is 0 Å². The molecule has 1 N–H and O–H groups in total. The SMILES string of the molecule is Cc1cccc([N+]2=C(Nc3c4c(nc5ccccc35)N(C)CC4)CCC2)c1. The van der Waals surface area contributed by atoms with Gasteiger partial charge in [-0.05, 0) is 49.6 Å². The summed E-state index contributed by atoms with van der Waals surface area (Å²) in [4.78, 5) is 7.19. The number of hydrogen-bond acceptors (Lipinski definition) is 3. The highest BCUT2D eigenvalue weighted by atomic mass is 15.2. The maximum Gasteiger partial charge on any atom is 0.255 e. The molecular formula is C23H25N4+. The van der Waals surface area contributed by atoms with Gasteiger partial charge in [0.15, 0.2) is 0 Å². The van der Waals surface area contributed by atoms with Crippen LogP contribution in [0.3, 0.4) is 0 Å². The lowest BCUT2D eigenvalue weighted by atomic mass is 10.1. The molecule has 5 rings (SSSR count). The Morgan fingerprint density at radius 3 is 2.85 bits per heavy atom. The number of aromatic nitrogens is 1. The maximum atomic E-state index is 4.92. The van der Waals surface area contributed by atoms with Crippen molar-refractivity contribution in [2.24, 2.45) is 0 Å². The van der Waals surface area contributed by atoms with Crippen LogP contribution >= 0.6 is 0 Å². The summed E-state index contributed by atoms with van der Waals surface area (Å²) in [6, 6.07) is 17.3. The Bertz CT molecular complexity index is 1070. The van der Waals surface area contributed by atoms with Crippen LogP contribution in [0.1, 0.15) is 24.0 Å². The van der Waals surface area contributed by atoms with Crippen LogP contribution in [0.15, 0.2) is 48.5 Å². The molecule has 3 aromatic rings. The fourth-order valence-electron chi connectivity index (χ4n) is 4.35. The van der Waals surface area contributed by atoms with Gasteiger partial charge in [0, 0.05) is 24.5 Å². The first-order chi connectivity index (χ1) is 13.2. The number of fused-ring (bicyclic) bond motifs is 2. The zero-order valence-electron chi connectivity index (χ0n) is 16.0. The summed E-state index contributed by atoms with van der Waals surface area (Å²) in [5.74, 6) is 2.42. The van der Waals surface area contributed by atoms with Crippen LogP contribution in [0, 0.1) is 6.92 Å². The molecule has 3 heterocycles. The number of benzene rings is 2. The largest absolute Gasteiger partial charge is 0.359 e. The van der Waals surface area contributed by atoms with E-state index in [0.29, 0.717) is 0 Å². The molecule has 0 aliphatic carbocycles. The second-order valence-electron chi connectivity index (χ2n) is 7.64. The molecule has 4 heteroatoms. The fourth-order valence-corrected chi connectivity index (χ4v) is 4.35. The first kappa shape index (κ1) is 16.3. The van der Waals surface area contributed by atoms with Gasteiger partial charge >= 0.3 is 0 Å². The van der Waals surface area contributed by atoms with Crippen molar-refractivity contribution in [2.45, 2.75) is 26.2 Å². The standard InChI is InChI=1S/C23H24N4/c1-16-7-5-8-17(15-16)27-13-6-11-21(27)25-22-18-9-3-4-10-20(18)24-23-19(22)12-14-26(23)2/h3-5,7-10,15H,6,11-14H2,1-2H3/p+1. The number of aryl methyl sites for hydroxylation is 1. The van der Waals surface area contributed by atoms with Gasteiger partial charge in [-0.15, -0.1) is 0 Å². The summed E-state index contributed by atoms with van der Waals surface area (Å²) < 4.78 is 2.44. The van der Waals surface area contributed by atoms with Gasteiger partial charge in [-0.1, -0.05) is 24.3 Å². The van der Waals surface area contributed by atoms with Crippen molar-refractivity contribution in [1.29, 1.82) is 0 Å². The van der Waals surface area contributed by atoms with Crippen LogP contribution in [-0.4, -0.2) is 35.5 Å². The maximum absolute atomic E-state index is 4.92. The number of para-hydroxylation sites is 1. The van der Waals surface area contributed by atoms with E-state index in [0.717, 1.165) is 37.3 Å². The molecule has 2 aromatic carbocycles. The van der Waals surface area contributed by atoms with Gasteiger partial charge in [0.2, 0.25) is 0 Å². The van der Waals surface area contributed by atoms with Gasteiger partial charge in [-0.25, -0.2) is 14.9 Å².